The summed E-state index contributed by atoms with van der Waals surface area (Å²) in [6.07, 6.45) is 3.97. The third-order valence-corrected chi connectivity index (χ3v) is 2.67. The van der Waals surface area contributed by atoms with Crippen molar-refractivity contribution in [3.63, 3.8) is 0 Å². The van der Waals surface area contributed by atoms with Crippen molar-refractivity contribution in [2.45, 2.75) is 26.2 Å². The van der Waals surface area contributed by atoms with Gasteiger partial charge in [-0.05, 0) is 22.4 Å². The third kappa shape index (κ3) is 3.76. The van der Waals surface area contributed by atoms with E-state index in [1.165, 1.54) is 6.33 Å². The van der Waals surface area contributed by atoms with Gasteiger partial charge in [-0.25, -0.2) is 9.97 Å². The van der Waals surface area contributed by atoms with Crippen LogP contribution in [0, 0.1) is 0 Å². The summed E-state index contributed by atoms with van der Waals surface area (Å²) >= 11 is 3.38. The number of anilines is 1. The highest BCUT2D eigenvalue weighted by atomic mass is 79.9. The van der Waals surface area contributed by atoms with Crippen molar-refractivity contribution in [3.05, 3.63) is 28.7 Å². The van der Waals surface area contributed by atoms with E-state index in [0.29, 0.717) is 18.9 Å². The number of aryl methyl sites for hydroxylation is 1. The van der Waals surface area contributed by atoms with Crippen LogP contribution in [-0.4, -0.2) is 26.7 Å². The first-order chi connectivity index (χ1) is 8.78. The van der Waals surface area contributed by atoms with E-state index in [4.69, 9.17) is 4.52 Å². The Kier molecular flexibility index (Phi) is 4.63. The Morgan fingerprint density at radius 3 is 2.94 bits per heavy atom. The summed E-state index contributed by atoms with van der Waals surface area (Å²) in [7, 11) is 0. The Morgan fingerprint density at radius 2 is 2.22 bits per heavy atom. The molecule has 2 aromatic rings. The number of nitrogens with zero attached hydrogens (tertiary/aromatic N) is 4. The molecule has 1 N–H and O–H groups in total. The van der Waals surface area contributed by atoms with Gasteiger partial charge >= 0.3 is 0 Å². The van der Waals surface area contributed by atoms with Gasteiger partial charge in [-0.2, -0.15) is 4.98 Å². The van der Waals surface area contributed by atoms with Crippen LogP contribution >= 0.6 is 15.9 Å². The van der Waals surface area contributed by atoms with E-state index in [1.54, 1.807) is 0 Å². The maximum absolute atomic E-state index is 4.91. The number of aromatic nitrogens is 4. The Labute approximate surface area is 113 Å². The maximum Gasteiger partial charge on any atom is 0.228 e. The zero-order chi connectivity index (χ0) is 12.8. The number of halogens is 1. The Hall–Kier alpha value is -1.50. The number of rotatable bonds is 6. The van der Waals surface area contributed by atoms with Gasteiger partial charge in [0.25, 0.3) is 0 Å². The van der Waals surface area contributed by atoms with Gasteiger partial charge < -0.3 is 9.84 Å². The molecule has 2 rings (SSSR count). The van der Waals surface area contributed by atoms with Gasteiger partial charge in [-0.1, -0.05) is 12.1 Å². The average molecular weight is 312 g/mol. The summed E-state index contributed by atoms with van der Waals surface area (Å²) in [5, 5.41) is 6.77. The molecular weight excluding hydrogens is 298 g/mol. The molecule has 0 saturated carbocycles. The summed E-state index contributed by atoms with van der Waals surface area (Å²) in [5.74, 6) is 2.26. The number of hydrogen-bond acceptors (Lipinski definition) is 6. The monoisotopic (exact) mass is 311 g/mol. The predicted molar refractivity (Wildman–Crippen MR) is 70.2 cm³/mol. The molecule has 0 aliphatic heterocycles. The standard InChI is InChI=1S/C11H14BrN5O/c1-2-3-9-16-8(12)6-10(17-9)13-5-4-11-14-7-15-18-11/h6-7H,2-5H2,1H3,(H,13,16,17). The van der Waals surface area contributed by atoms with E-state index in [-0.39, 0.29) is 0 Å². The minimum Gasteiger partial charge on any atom is -0.369 e. The molecule has 0 aliphatic carbocycles. The SMILES string of the molecule is CCCc1nc(Br)cc(NCCc2ncno2)n1. The molecule has 0 radical (unpaired) electrons. The van der Waals surface area contributed by atoms with Crippen molar-refractivity contribution in [2.24, 2.45) is 0 Å². The first-order valence-electron chi connectivity index (χ1n) is 5.81. The second kappa shape index (κ2) is 6.44. The van der Waals surface area contributed by atoms with Crippen LogP contribution in [-0.2, 0) is 12.8 Å². The van der Waals surface area contributed by atoms with Gasteiger partial charge in [-0.15, -0.1) is 0 Å². The van der Waals surface area contributed by atoms with Crippen LogP contribution in [0.5, 0.6) is 0 Å². The van der Waals surface area contributed by atoms with Crippen molar-refractivity contribution >= 4 is 21.7 Å². The molecule has 0 aliphatic rings. The lowest BCUT2D eigenvalue weighted by molar-refractivity contribution is 0.379. The first kappa shape index (κ1) is 12.9. The average Bonchev–Trinajstić information content (AvgIpc) is 2.82. The van der Waals surface area contributed by atoms with Gasteiger partial charge in [0.15, 0.2) is 6.33 Å². The summed E-state index contributed by atoms with van der Waals surface area (Å²) < 4.78 is 5.71. The second-order valence-electron chi connectivity index (χ2n) is 3.75. The van der Waals surface area contributed by atoms with E-state index in [9.17, 15) is 0 Å². The van der Waals surface area contributed by atoms with Crippen molar-refractivity contribution in [3.8, 4) is 0 Å². The fourth-order valence-corrected chi connectivity index (χ4v) is 1.92. The Morgan fingerprint density at radius 1 is 1.33 bits per heavy atom. The molecule has 0 fully saturated rings. The van der Waals surface area contributed by atoms with E-state index in [2.05, 4.69) is 48.3 Å². The lowest BCUT2D eigenvalue weighted by Crippen LogP contribution is -2.08. The van der Waals surface area contributed by atoms with Crippen LogP contribution in [0.3, 0.4) is 0 Å². The van der Waals surface area contributed by atoms with E-state index in [0.717, 1.165) is 29.1 Å². The minimum absolute atomic E-state index is 0.615. The highest BCUT2D eigenvalue weighted by molar-refractivity contribution is 9.10. The predicted octanol–water partition coefficient (Wildman–Crippen LogP) is 2.23. The lowest BCUT2D eigenvalue weighted by Gasteiger charge is -2.06. The van der Waals surface area contributed by atoms with Crippen molar-refractivity contribution in [1.29, 1.82) is 0 Å². The van der Waals surface area contributed by atoms with Crippen molar-refractivity contribution in [2.75, 3.05) is 11.9 Å². The van der Waals surface area contributed by atoms with Crippen molar-refractivity contribution < 1.29 is 4.52 Å². The summed E-state index contributed by atoms with van der Waals surface area (Å²) in [6, 6.07) is 1.85. The molecule has 0 spiro atoms. The largest absolute Gasteiger partial charge is 0.369 e. The molecule has 0 unspecified atom stereocenters. The fraction of sp³-hybridized carbons (Fsp3) is 0.455. The quantitative estimate of drug-likeness (QED) is 0.824. The molecule has 6 nitrogen and oxygen atoms in total. The smallest absolute Gasteiger partial charge is 0.228 e. The maximum atomic E-state index is 4.91. The number of hydrogen-bond donors (Lipinski definition) is 1. The van der Waals surface area contributed by atoms with Crippen molar-refractivity contribution in [1.82, 2.24) is 20.1 Å². The van der Waals surface area contributed by atoms with E-state index >= 15 is 0 Å². The van der Waals surface area contributed by atoms with Crippen LogP contribution in [0.2, 0.25) is 0 Å². The molecular formula is C11H14BrN5O. The molecule has 0 saturated heterocycles. The van der Waals surface area contributed by atoms with Gasteiger partial charge in [0.1, 0.15) is 16.2 Å². The first-order valence-corrected chi connectivity index (χ1v) is 6.60. The van der Waals surface area contributed by atoms with Gasteiger partial charge in [0.2, 0.25) is 5.89 Å². The molecule has 0 aromatic carbocycles. The Balaban J connectivity index is 1.92. The summed E-state index contributed by atoms with van der Waals surface area (Å²) in [6.45, 7) is 2.80. The Bertz CT molecular complexity index is 488. The zero-order valence-electron chi connectivity index (χ0n) is 10.1. The van der Waals surface area contributed by atoms with E-state index < -0.39 is 0 Å². The number of nitrogens with one attached hydrogen (secondary N) is 1. The molecule has 7 heteroatoms. The van der Waals surface area contributed by atoms with Crippen LogP contribution in [0.15, 0.2) is 21.5 Å². The van der Waals surface area contributed by atoms with Crippen LogP contribution in [0.25, 0.3) is 0 Å². The fourth-order valence-electron chi connectivity index (χ4n) is 1.49. The third-order valence-electron chi connectivity index (χ3n) is 2.27. The molecule has 0 atom stereocenters. The van der Waals surface area contributed by atoms with E-state index in [1.807, 2.05) is 6.07 Å². The highest BCUT2D eigenvalue weighted by Gasteiger charge is 2.03. The van der Waals surface area contributed by atoms with Gasteiger partial charge in [-0.3, -0.25) is 0 Å². The van der Waals surface area contributed by atoms with Gasteiger partial charge in [0.05, 0.1) is 0 Å². The molecule has 96 valence electrons. The molecule has 0 bridgehead atoms. The molecule has 2 heterocycles. The minimum atomic E-state index is 0.615. The highest BCUT2D eigenvalue weighted by Crippen LogP contribution is 2.13. The summed E-state index contributed by atoms with van der Waals surface area (Å²) in [4.78, 5) is 12.7. The topological polar surface area (TPSA) is 76.7 Å². The van der Waals surface area contributed by atoms with Crippen LogP contribution in [0.4, 0.5) is 5.82 Å². The zero-order valence-corrected chi connectivity index (χ0v) is 11.6. The van der Waals surface area contributed by atoms with Gasteiger partial charge in [0, 0.05) is 25.5 Å². The second-order valence-corrected chi connectivity index (χ2v) is 4.57. The lowest BCUT2D eigenvalue weighted by atomic mass is 10.3. The van der Waals surface area contributed by atoms with Crippen LogP contribution in [0.1, 0.15) is 25.1 Å². The summed E-state index contributed by atoms with van der Waals surface area (Å²) in [5.41, 5.74) is 0. The molecule has 18 heavy (non-hydrogen) atoms. The normalized spacial score (nSPS) is 10.6. The molecule has 2 aromatic heterocycles. The molecule has 0 amide bonds. The van der Waals surface area contributed by atoms with Crippen LogP contribution < -0.4 is 5.32 Å².